The molecule has 5 nitrogen and oxygen atoms in total. The molecule has 1 aromatic carbocycles. The van der Waals surface area contributed by atoms with E-state index in [1.54, 1.807) is 18.2 Å². The Hall–Kier alpha value is -2.30. The molecule has 0 amide bonds. The van der Waals surface area contributed by atoms with Gasteiger partial charge >= 0.3 is 0 Å². The Kier molecular flexibility index (Phi) is 3.55. The Morgan fingerprint density at radius 3 is 2.63 bits per heavy atom. The number of nitrogen functional groups attached to an aromatic ring is 1. The summed E-state index contributed by atoms with van der Waals surface area (Å²) in [6, 6.07) is 5.04. The van der Waals surface area contributed by atoms with E-state index in [-0.39, 0.29) is 5.75 Å². The lowest BCUT2D eigenvalue weighted by atomic mass is 10.1. The van der Waals surface area contributed by atoms with Gasteiger partial charge in [-0.3, -0.25) is 0 Å². The van der Waals surface area contributed by atoms with Crippen molar-refractivity contribution >= 4 is 5.82 Å². The van der Waals surface area contributed by atoms with Gasteiger partial charge in [0, 0.05) is 16.8 Å². The number of nitrogens with zero attached hydrogens (tertiary/aromatic N) is 2. The zero-order chi connectivity index (χ0) is 14.0. The first-order valence-electron chi connectivity index (χ1n) is 6.07. The van der Waals surface area contributed by atoms with Crippen LogP contribution in [0.15, 0.2) is 18.2 Å². The van der Waals surface area contributed by atoms with Crippen LogP contribution in [0.1, 0.15) is 18.2 Å². The van der Waals surface area contributed by atoms with E-state index in [0.717, 1.165) is 17.7 Å². The first-order valence-corrected chi connectivity index (χ1v) is 6.07. The molecule has 0 atom stereocenters. The van der Waals surface area contributed by atoms with Gasteiger partial charge in [-0.25, -0.2) is 9.97 Å². The minimum absolute atomic E-state index is 0.0563. The van der Waals surface area contributed by atoms with E-state index in [0.29, 0.717) is 23.0 Å². The van der Waals surface area contributed by atoms with Gasteiger partial charge in [0.1, 0.15) is 5.82 Å². The Balaban J connectivity index is 2.53. The summed E-state index contributed by atoms with van der Waals surface area (Å²) < 4.78 is 5.01. The van der Waals surface area contributed by atoms with Gasteiger partial charge in [-0.2, -0.15) is 0 Å². The summed E-state index contributed by atoms with van der Waals surface area (Å²) in [5.41, 5.74) is 8.42. The number of hydrogen-bond donors (Lipinski definition) is 2. The van der Waals surface area contributed by atoms with Crippen LogP contribution >= 0.6 is 0 Å². The average molecular weight is 259 g/mol. The molecule has 1 aromatic heterocycles. The molecule has 0 radical (unpaired) electrons. The van der Waals surface area contributed by atoms with Crippen molar-refractivity contribution in [1.82, 2.24) is 9.97 Å². The molecule has 100 valence electrons. The fourth-order valence-electron chi connectivity index (χ4n) is 1.88. The van der Waals surface area contributed by atoms with Crippen molar-refractivity contribution < 1.29 is 9.84 Å². The molecule has 0 saturated heterocycles. The molecule has 0 fully saturated rings. The normalized spacial score (nSPS) is 10.5. The fourth-order valence-corrected chi connectivity index (χ4v) is 1.88. The van der Waals surface area contributed by atoms with Gasteiger partial charge in [0.05, 0.1) is 7.11 Å². The minimum atomic E-state index is 0.0563. The first-order chi connectivity index (χ1) is 9.06. The molecule has 1 heterocycles. The molecular weight excluding hydrogens is 242 g/mol. The molecule has 0 aliphatic carbocycles. The van der Waals surface area contributed by atoms with Crippen LogP contribution < -0.4 is 10.5 Å². The summed E-state index contributed by atoms with van der Waals surface area (Å²) in [4.78, 5) is 8.74. The highest BCUT2D eigenvalue weighted by atomic mass is 16.5. The first kappa shape index (κ1) is 13.1. The predicted molar refractivity (Wildman–Crippen MR) is 74.2 cm³/mol. The monoisotopic (exact) mass is 259 g/mol. The van der Waals surface area contributed by atoms with E-state index in [1.165, 1.54) is 7.11 Å². The summed E-state index contributed by atoms with van der Waals surface area (Å²) in [6.45, 7) is 3.92. The van der Waals surface area contributed by atoms with Crippen molar-refractivity contribution in [3.8, 4) is 22.9 Å². The van der Waals surface area contributed by atoms with E-state index in [1.807, 2.05) is 13.8 Å². The minimum Gasteiger partial charge on any atom is -0.504 e. The standard InChI is InChI=1S/C14H17N3O2/c1-4-10-8(2)13(15)17-14(16-10)9-5-6-12(19-3)11(18)7-9/h5-7,18H,4H2,1-3H3,(H2,15,16,17). The lowest BCUT2D eigenvalue weighted by Gasteiger charge is -2.10. The van der Waals surface area contributed by atoms with Crippen molar-refractivity contribution in [1.29, 1.82) is 0 Å². The molecule has 0 bridgehead atoms. The molecule has 5 heteroatoms. The van der Waals surface area contributed by atoms with Gasteiger partial charge in [0.2, 0.25) is 0 Å². The SMILES string of the molecule is CCc1nc(-c2ccc(OC)c(O)c2)nc(N)c1C. The van der Waals surface area contributed by atoms with Crippen LogP contribution in [0.5, 0.6) is 11.5 Å². The maximum Gasteiger partial charge on any atom is 0.161 e. The molecule has 0 saturated carbocycles. The highest BCUT2D eigenvalue weighted by Gasteiger charge is 2.11. The number of aryl methyl sites for hydroxylation is 1. The number of phenols is 1. The lowest BCUT2D eigenvalue weighted by molar-refractivity contribution is 0.373. The van der Waals surface area contributed by atoms with Crippen molar-refractivity contribution in [2.24, 2.45) is 0 Å². The number of nitrogens with two attached hydrogens (primary N) is 1. The van der Waals surface area contributed by atoms with Crippen molar-refractivity contribution in [2.45, 2.75) is 20.3 Å². The summed E-state index contributed by atoms with van der Waals surface area (Å²) in [6.07, 6.45) is 0.785. The van der Waals surface area contributed by atoms with Gasteiger partial charge < -0.3 is 15.6 Å². The quantitative estimate of drug-likeness (QED) is 0.884. The van der Waals surface area contributed by atoms with Gasteiger partial charge in [0.15, 0.2) is 17.3 Å². The van der Waals surface area contributed by atoms with Crippen LogP contribution in [-0.2, 0) is 6.42 Å². The number of benzene rings is 1. The number of hydrogen-bond acceptors (Lipinski definition) is 5. The summed E-state index contributed by atoms with van der Waals surface area (Å²) in [5.74, 6) is 1.45. The Morgan fingerprint density at radius 1 is 1.32 bits per heavy atom. The number of aromatic nitrogens is 2. The van der Waals surface area contributed by atoms with Crippen LogP contribution in [0.4, 0.5) is 5.82 Å². The maximum absolute atomic E-state index is 9.79. The fraction of sp³-hybridized carbons (Fsp3) is 0.286. The van der Waals surface area contributed by atoms with Crippen molar-refractivity contribution in [3.05, 3.63) is 29.5 Å². The second kappa shape index (κ2) is 5.14. The lowest BCUT2D eigenvalue weighted by Crippen LogP contribution is -2.04. The van der Waals surface area contributed by atoms with Crippen LogP contribution in [-0.4, -0.2) is 22.2 Å². The molecule has 0 spiro atoms. The largest absolute Gasteiger partial charge is 0.504 e. The molecule has 19 heavy (non-hydrogen) atoms. The molecular formula is C14H17N3O2. The summed E-state index contributed by atoms with van der Waals surface area (Å²) in [7, 11) is 1.50. The zero-order valence-corrected chi connectivity index (χ0v) is 11.3. The second-order valence-corrected chi connectivity index (χ2v) is 4.24. The van der Waals surface area contributed by atoms with Crippen molar-refractivity contribution in [3.63, 3.8) is 0 Å². The Bertz CT molecular complexity index is 612. The molecule has 0 aliphatic heterocycles. The molecule has 2 aromatic rings. The number of ether oxygens (including phenoxy) is 1. The number of phenolic OH excluding ortho intramolecular Hbond substituents is 1. The van der Waals surface area contributed by atoms with Crippen LogP contribution in [0.25, 0.3) is 11.4 Å². The third-order valence-corrected chi connectivity index (χ3v) is 3.06. The number of aromatic hydroxyl groups is 1. The maximum atomic E-state index is 9.79. The van der Waals surface area contributed by atoms with Gasteiger partial charge in [-0.05, 0) is 31.5 Å². The van der Waals surface area contributed by atoms with Crippen LogP contribution in [0.3, 0.4) is 0 Å². The van der Waals surface area contributed by atoms with E-state index < -0.39 is 0 Å². The molecule has 0 aliphatic rings. The van der Waals surface area contributed by atoms with E-state index >= 15 is 0 Å². The smallest absolute Gasteiger partial charge is 0.161 e. The topological polar surface area (TPSA) is 81.3 Å². The zero-order valence-electron chi connectivity index (χ0n) is 11.3. The Morgan fingerprint density at radius 2 is 2.05 bits per heavy atom. The van der Waals surface area contributed by atoms with E-state index in [4.69, 9.17) is 10.5 Å². The number of anilines is 1. The predicted octanol–water partition coefficient (Wildman–Crippen LogP) is 2.31. The summed E-state index contributed by atoms with van der Waals surface area (Å²) in [5, 5.41) is 9.79. The Labute approximate surface area is 112 Å². The molecule has 0 unspecified atom stereocenters. The number of methoxy groups -OCH3 is 1. The molecule has 2 rings (SSSR count). The van der Waals surface area contributed by atoms with E-state index in [2.05, 4.69) is 9.97 Å². The number of rotatable bonds is 3. The van der Waals surface area contributed by atoms with Crippen molar-refractivity contribution in [2.75, 3.05) is 12.8 Å². The summed E-state index contributed by atoms with van der Waals surface area (Å²) >= 11 is 0. The van der Waals surface area contributed by atoms with E-state index in [9.17, 15) is 5.11 Å². The third kappa shape index (κ3) is 2.45. The molecule has 3 N–H and O–H groups in total. The van der Waals surface area contributed by atoms with Gasteiger partial charge in [0.25, 0.3) is 0 Å². The van der Waals surface area contributed by atoms with Crippen LogP contribution in [0.2, 0.25) is 0 Å². The third-order valence-electron chi connectivity index (χ3n) is 3.06. The van der Waals surface area contributed by atoms with Crippen LogP contribution in [0, 0.1) is 6.92 Å². The second-order valence-electron chi connectivity index (χ2n) is 4.24. The average Bonchev–Trinajstić information content (AvgIpc) is 2.41. The van der Waals surface area contributed by atoms with Gasteiger partial charge in [-0.15, -0.1) is 0 Å². The highest BCUT2D eigenvalue weighted by Crippen LogP contribution is 2.30. The van der Waals surface area contributed by atoms with Gasteiger partial charge in [-0.1, -0.05) is 6.92 Å². The highest BCUT2D eigenvalue weighted by molar-refractivity contribution is 5.63.